The molecule has 0 saturated carbocycles. The number of hydrogen-bond donors (Lipinski definition) is 2. The molecule has 1 aliphatic carbocycles. The highest BCUT2D eigenvalue weighted by molar-refractivity contribution is 5.92. The second-order valence-corrected chi connectivity index (χ2v) is 6.10. The third-order valence-corrected chi connectivity index (χ3v) is 4.50. The molecule has 25 heavy (non-hydrogen) atoms. The van der Waals surface area contributed by atoms with Gasteiger partial charge in [-0.1, -0.05) is 0 Å². The van der Waals surface area contributed by atoms with E-state index in [0.29, 0.717) is 24.0 Å². The lowest BCUT2D eigenvalue weighted by Gasteiger charge is -2.12. The van der Waals surface area contributed by atoms with Crippen LogP contribution in [0.5, 0.6) is 11.5 Å². The van der Waals surface area contributed by atoms with Crippen molar-refractivity contribution in [2.24, 2.45) is 17.8 Å². The molecule has 1 aromatic carbocycles. The van der Waals surface area contributed by atoms with E-state index in [1.807, 2.05) is 29.9 Å². The monoisotopic (exact) mass is 343 g/mol. The number of benzene rings is 1. The zero-order chi connectivity index (χ0) is 17.8. The predicted octanol–water partition coefficient (Wildman–Crippen LogP) is 2.24. The minimum absolute atomic E-state index is 0.359. The molecule has 2 aromatic rings. The summed E-state index contributed by atoms with van der Waals surface area (Å²) in [5.41, 5.74) is 10.5. The molecule has 0 unspecified atom stereocenters. The number of nitrogens with zero attached hydrogens (tertiary/aromatic N) is 3. The van der Waals surface area contributed by atoms with Crippen LogP contribution in [0.2, 0.25) is 0 Å². The maximum absolute atomic E-state index is 6.05. The molecule has 7 heteroatoms. The minimum atomic E-state index is 0.359. The Bertz CT molecular complexity index is 782. The van der Waals surface area contributed by atoms with Crippen LogP contribution in [0.15, 0.2) is 23.2 Å². The van der Waals surface area contributed by atoms with Crippen molar-refractivity contribution in [3.05, 3.63) is 35.2 Å². The number of methoxy groups -OCH3 is 2. The highest BCUT2D eigenvalue weighted by atomic mass is 16.5. The van der Waals surface area contributed by atoms with Crippen molar-refractivity contribution in [1.82, 2.24) is 9.78 Å². The van der Waals surface area contributed by atoms with Crippen molar-refractivity contribution in [3.8, 4) is 11.5 Å². The Morgan fingerprint density at radius 3 is 2.76 bits per heavy atom. The van der Waals surface area contributed by atoms with E-state index >= 15 is 0 Å². The van der Waals surface area contributed by atoms with Crippen molar-refractivity contribution in [1.29, 1.82) is 0 Å². The molecule has 1 aromatic heterocycles. The summed E-state index contributed by atoms with van der Waals surface area (Å²) in [6.07, 6.45) is 4.58. The Morgan fingerprint density at radius 2 is 2.00 bits per heavy atom. The van der Waals surface area contributed by atoms with Crippen molar-refractivity contribution in [3.63, 3.8) is 0 Å². The summed E-state index contributed by atoms with van der Waals surface area (Å²) >= 11 is 0. The van der Waals surface area contributed by atoms with Gasteiger partial charge in [0.2, 0.25) is 0 Å². The largest absolute Gasteiger partial charge is 0.493 e. The number of hydrogen-bond acceptors (Lipinski definition) is 4. The number of aromatic nitrogens is 2. The molecule has 0 saturated heterocycles. The zero-order valence-corrected chi connectivity index (χ0v) is 15.0. The molecule has 7 nitrogen and oxygen atoms in total. The quantitative estimate of drug-likeness (QED) is 0.642. The first kappa shape index (κ1) is 17.1. The fourth-order valence-electron chi connectivity index (χ4n) is 3.21. The molecule has 0 radical (unpaired) electrons. The molecule has 0 aliphatic heterocycles. The topological polar surface area (TPSA) is 86.7 Å². The van der Waals surface area contributed by atoms with Gasteiger partial charge in [-0.15, -0.1) is 0 Å². The number of rotatable bonds is 5. The lowest BCUT2D eigenvalue weighted by Crippen LogP contribution is -2.23. The normalized spacial score (nSPS) is 14.1. The van der Waals surface area contributed by atoms with E-state index < -0.39 is 0 Å². The van der Waals surface area contributed by atoms with Gasteiger partial charge >= 0.3 is 0 Å². The Morgan fingerprint density at radius 1 is 1.24 bits per heavy atom. The average molecular weight is 343 g/mol. The van der Waals surface area contributed by atoms with Gasteiger partial charge in [0.05, 0.1) is 32.2 Å². The van der Waals surface area contributed by atoms with Crippen LogP contribution in [0.1, 0.15) is 29.8 Å². The molecule has 0 fully saturated rings. The molecule has 0 spiro atoms. The fourth-order valence-corrected chi connectivity index (χ4v) is 3.21. The van der Waals surface area contributed by atoms with Crippen LogP contribution in [0, 0.1) is 0 Å². The van der Waals surface area contributed by atoms with Gasteiger partial charge in [0.1, 0.15) is 0 Å². The number of anilines is 1. The number of nitrogens with two attached hydrogens (primary N) is 1. The van der Waals surface area contributed by atoms with E-state index in [4.69, 9.17) is 15.2 Å². The third kappa shape index (κ3) is 3.70. The number of nitrogens with one attached hydrogen (secondary N) is 1. The van der Waals surface area contributed by atoms with E-state index in [2.05, 4.69) is 15.4 Å². The standard InChI is InChI=1S/C18H25N5O2/c1-23-15(13-6-4-5-7-14(13)22-23)11-20-18(19)21-12-8-9-16(24-2)17(10-12)25-3/h8-10H,4-7,11H2,1-3H3,(H3,19,20,21). The molecule has 0 amide bonds. The molecular weight excluding hydrogens is 318 g/mol. The predicted molar refractivity (Wildman–Crippen MR) is 98.3 cm³/mol. The molecule has 3 N–H and O–H groups in total. The number of aliphatic imine (C=N–C) groups is 1. The van der Waals surface area contributed by atoms with Gasteiger partial charge in [0.25, 0.3) is 0 Å². The third-order valence-electron chi connectivity index (χ3n) is 4.50. The summed E-state index contributed by atoms with van der Waals surface area (Å²) in [6.45, 7) is 0.519. The van der Waals surface area contributed by atoms with E-state index in [9.17, 15) is 0 Å². The van der Waals surface area contributed by atoms with Crippen LogP contribution in [-0.2, 0) is 26.4 Å². The van der Waals surface area contributed by atoms with Crippen molar-refractivity contribution in [2.45, 2.75) is 32.2 Å². The van der Waals surface area contributed by atoms with Gasteiger partial charge in [-0.3, -0.25) is 4.68 Å². The van der Waals surface area contributed by atoms with Gasteiger partial charge in [0, 0.05) is 18.8 Å². The maximum atomic E-state index is 6.05. The zero-order valence-electron chi connectivity index (χ0n) is 15.0. The van der Waals surface area contributed by atoms with Gasteiger partial charge < -0.3 is 20.5 Å². The highest BCUT2D eigenvalue weighted by Gasteiger charge is 2.18. The van der Waals surface area contributed by atoms with Crippen molar-refractivity contribution in [2.75, 3.05) is 19.5 Å². The second-order valence-electron chi connectivity index (χ2n) is 6.10. The summed E-state index contributed by atoms with van der Waals surface area (Å²) in [6, 6.07) is 5.52. The van der Waals surface area contributed by atoms with Gasteiger partial charge in [-0.05, 0) is 43.4 Å². The molecule has 1 heterocycles. The van der Waals surface area contributed by atoms with E-state index in [1.54, 1.807) is 14.2 Å². The second kappa shape index (κ2) is 7.46. The Kier molecular flexibility index (Phi) is 5.11. The molecule has 3 rings (SSSR count). The smallest absolute Gasteiger partial charge is 0.193 e. The summed E-state index contributed by atoms with van der Waals surface area (Å²) in [5.74, 6) is 1.67. The Labute approximate surface area is 147 Å². The van der Waals surface area contributed by atoms with E-state index in [-0.39, 0.29) is 0 Å². The van der Waals surface area contributed by atoms with Gasteiger partial charge in [-0.25, -0.2) is 4.99 Å². The van der Waals surface area contributed by atoms with E-state index in [0.717, 1.165) is 24.2 Å². The number of aryl methyl sites for hydroxylation is 2. The van der Waals surface area contributed by atoms with Crippen LogP contribution in [0.3, 0.4) is 0 Å². The summed E-state index contributed by atoms with van der Waals surface area (Å²) in [7, 11) is 5.18. The fraction of sp³-hybridized carbons (Fsp3) is 0.444. The lowest BCUT2D eigenvalue weighted by atomic mass is 9.96. The van der Waals surface area contributed by atoms with Crippen LogP contribution in [0.4, 0.5) is 5.69 Å². The number of ether oxygens (including phenoxy) is 2. The van der Waals surface area contributed by atoms with Gasteiger partial charge in [0.15, 0.2) is 17.5 Å². The first-order chi connectivity index (χ1) is 12.1. The maximum Gasteiger partial charge on any atom is 0.193 e. The number of guanidine groups is 1. The Hall–Kier alpha value is -2.70. The molecule has 0 bridgehead atoms. The molecule has 134 valence electrons. The minimum Gasteiger partial charge on any atom is -0.493 e. The van der Waals surface area contributed by atoms with Crippen LogP contribution < -0.4 is 20.5 Å². The lowest BCUT2D eigenvalue weighted by molar-refractivity contribution is 0.355. The summed E-state index contributed by atoms with van der Waals surface area (Å²) in [4.78, 5) is 4.48. The van der Waals surface area contributed by atoms with Crippen molar-refractivity contribution >= 4 is 11.6 Å². The summed E-state index contributed by atoms with van der Waals surface area (Å²) < 4.78 is 12.5. The van der Waals surface area contributed by atoms with E-state index in [1.165, 1.54) is 24.1 Å². The van der Waals surface area contributed by atoms with Crippen LogP contribution >= 0.6 is 0 Å². The first-order valence-electron chi connectivity index (χ1n) is 8.45. The van der Waals surface area contributed by atoms with Gasteiger partial charge in [-0.2, -0.15) is 5.10 Å². The first-order valence-corrected chi connectivity index (χ1v) is 8.45. The number of fused-ring (bicyclic) bond motifs is 1. The molecule has 1 aliphatic rings. The van der Waals surface area contributed by atoms with Crippen molar-refractivity contribution < 1.29 is 9.47 Å². The highest BCUT2D eigenvalue weighted by Crippen LogP contribution is 2.29. The Balaban J connectivity index is 1.72. The molecular formula is C18H25N5O2. The summed E-state index contributed by atoms with van der Waals surface area (Å²) in [5, 5.41) is 7.70. The van der Waals surface area contributed by atoms with Crippen LogP contribution in [-0.4, -0.2) is 30.0 Å². The molecule has 0 atom stereocenters. The average Bonchev–Trinajstić information content (AvgIpc) is 2.95. The SMILES string of the molecule is COc1ccc(NC(N)=NCc2c3c(nn2C)CCCC3)cc1OC. The van der Waals surface area contributed by atoms with Crippen LogP contribution in [0.25, 0.3) is 0 Å².